The van der Waals surface area contributed by atoms with E-state index in [4.69, 9.17) is 42.1 Å². The Bertz CT molecular complexity index is 2410. The maximum absolute atomic E-state index is 13.5. The van der Waals surface area contributed by atoms with Crippen LogP contribution in [0.25, 0.3) is 0 Å². The Morgan fingerprint density at radius 2 is 1.74 bits per heavy atom. The number of nitrogens with zero attached hydrogens (tertiary/aromatic N) is 5. The summed E-state index contributed by atoms with van der Waals surface area (Å²) in [5, 5.41) is 13.2. The molecule has 10 rings (SSSR count). The molecule has 392 valence electrons. The van der Waals surface area contributed by atoms with Gasteiger partial charge in [-0.2, -0.15) is 0 Å². The van der Waals surface area contributed by atoms with Crippen LogP contribution in [0.4, 0.5) is 5.69 Å². The Balaban J connectivity index is 0.000000178. The number of aliphatic hydroxyl groups excluding tert-OH is 1. The maximum Gasteiger partial charge on any atom is 0.316 e. The molecule has 7 aliphatic rings. The number of piperazine rings is 1. The van der Waals surface area contributed by atoms with Gasteiger partial charge in [0, 0.05) is 102 Å². The van der Waals surface area contributed by atoms with Crippen LogP contribution in [0.3, 0.4) is 0 Å². The van der Waals surface area contributed by atoms with Crippen molar-refractivity contribution in [1.82, 2.24) is 19.4 Å². The van der Waals surface area contributed by atoms with Gasteiger partial charge in [0.1, 0.15) is 30.3 Å². The van der Waals surface area contributed by atoms with Gasteiger partial charge in [0.15, 0.2) is 0 Å². The second-order valence-electron chi connectivity index (χ2n) is 22.5. The average Bonchev–Trinajstić information content (AvgIpc) is 4.16. The van der Waals surface area contributed by atoms with E-state index in [1.54, 1.807) is 43.3 Å². The summed E-state index contributed by atoms with van der Waals surface area (Å²) >= 11 is 14.4. The number of ketones is 1. The molecule has 13 nitrogen and oxygen atoms in total. The molecule has 72 heavy (non-hydrogen) atoms. The third-order valence-electron chi connectivity index (χ3n) is 18.6. The van der Waals surface area contributed by atoms with Crippen molar-refractivity contribution in [1.29, 1.82) is 0 Å². The van der Waals surface area contributed by atoms with Gasteiger partial charge in [-0.05, 0) is 112 Å². The summed E-state index contributed by atoms with van der Waals surface area (Å²) < 4.78 is 27.0. The van der Waals surface area contributed by atoms with Crippen LogP contribution in [0.15, 0.2) is 73.8 Å². The number of esters is 1. The molecule has 4 saturated heterocycles. The van der Waals surface area contributed by atoms with E-state index in [9.17, 15) is 19.5 Å². The van der Waals surface area contributed by atoms with Crippen molar-refractivity contribution < 1.29 is 38.4 Å². The average molecular weight is 1050 g/mol. The van der Waals surface area contributed by atoms with Crippen molar-refractivity contribution in [3.8, 4) is 5.75 Å². The molecule has 4 aliphatic heterocycles. The van der Waals surface area contributed by atoms with E-state index in [2.05, 4.69) is 56.1 Å². The van der Waals surface area contributed by atoms with E-state index in [1.165, 1.54) is 12.8 Å². The molecule has 7 fully saturated rings. The van der Waals surface area contributed by atoms with Gasteiger partial charge in [0.25, 0.3) is 0 Å². The highest BCUT2D eigenvalue weighted by atomic mass is 35.5. The van der Waals surface area contributed by atoms with Crippen molar-refractivity contribution in [3.05, 3.63) is 89.4 Å². The number of carbonyl (C=O) groups excluding carboxylic acids is 3. The zero-order valence-electron chi connectivity index (χ0n) is 43.0. The van der Waals surface area contributed by atoms with Gasteiger partial charge in [0.05, 0.1) is 36.4 Å². The number of halogens is 2. The number of fused-ring (bicyclic) bond motifs is 2. The SMILES string of the molecule is C=C[C@]1(C)C[C@@H](OC(=O)CSC2C[C@H]3CC[C@@H](C2)N3C)[C@]2(C)[C@H](C)CC[C@]3(CCC(=O)[C@H]32)[C@@H](C)[C@@H]1O.CC(=O)N1CCN(c2ccc(OC[C@H]3CO[C@](Cn4ccnc4)(c4ccc(Cl)cc4Cl)O3)cc2)CC1. The van der Waals surface area contributed by atoms with E-state index in [-0.39, 0.29) is 41.1 Å². The number of aliphatic hydroxyl groups is 1. The molecule has 1 unspecified atom stereocenters. The summed E-state index contributed by atoms with van der Waals surface area (Å²) in [4.78, 5) is 49.3. The van der Waals surface area contributed by atoms with Crippen molar-refractivity contribution >= 4 is 58.3 Å². The Hall–Kier alpha value is -3.63. The summed E-state index contributed by atoms with van der Waals surface area (Å²) in [7, 11) is 2.24. The Morgan fingerprint density at radius 3 is 2.39 bits per heavy atom. The normalized spacial score (nSPS) is 36.5. The number of benzene rings is 2. The van der Waals surface area contributed by atoms with E-state index in [1.807, 2.05) is 52.1 Å². The molecular weight excluding hydrogens is 974 g/mol. The summed E-state index contributed by atoms with van der Waals surface area (Å²) in [6.07, 6.45) is 14.6. The third-order valence-corrected chi connectivity index (χ3v) is 20.4. The number of rotatable bonds is 12. The Labute approximate surface area is 440 Å². The number of piperidine rings is 1. The van der Waals surface area contributed by atoms with Crippen LogP contribution in [-0.4, -0.2) is 130 Å². The van der Waals surface area contributed by atoms with Crippen molar-refractivity contribution in [2.24, 2.45) is 34.0 Å². The molecule has 3 aromatic rings. The van der Waals surface area contributed by atoms with Gasteiger partial charge < -0.3 is 43.3 Å². The number of ether oxygens (including phenoxy) is 4. The predicted octanol–water partition coefficient (Wildman–Crippen LogP) is 9.46. The number of hydrogen-bond donors (Lipinski definition) is 1. The van der Waals surface area contributed by atoms with E-state index in [0.717, 1.165) is 69.7 Å². The Morgan fingerprint density at radius 1 is 1.01 bits per heavy atom. The summed E-state index contributed by atoms with van der Waals surface area (Å²) in [6.45, 7) is 18.6. The molecule has 0 radical (unpaired) electrons. The number of amides is 1. The number of Topliss-reactive ketones (excluding diaryl/α,β-unsaturated/α-hetero) is 1. The molecule has 16 heteroatoms. The lowest BCUT2D eigenvalue weighted by atomic mass is 9.44. The smallest absolute Gasteiger partial charge is 0.316 e. The van der Waals surface area contributed by atoms with E-state index >= 15 is 0 Å². The van der Waals surface area contributed by atoms with Crippen LogP contribution in [0.5, 0.6) is 5.75 Å². The van der Waals surface area contributed by atoms with E-state index < -0.39 is 28.8 Å². The molecule has 13 atom stereocenters. The second kappa shape index (κ2) is 21.5. The summed E-state index contributed by atoms with van der Waals surface area (Å²) in [5.74, 6) is 0.404. The molecule has 1 amide bonds. The zero-order chi connectivity index (χ0) is 51.2. The number of thioether (sulfide) groups is 1. The lowest BCUT2D eigenvalue weighted by Crippen LogP contribution is -2.63. The van der Waals surface area contributed by atoms with Gasteiger partial charge in [-0.15, -0.1) is 18.3 Å². The van der Waals surface area contributed by atoms with Crippen molar-refractivity contribution in [2.75, 3.05) is 57.1 Å². The number of aromatic nitrogens is 2. The van der Waals surface area contributed by atoms with Crippen LogP contribution in [0, 0.1) is 34.0 Å². The molecule has 1 aromatic heterocycles. The van der Waals surface area contributed by atoms with Gasteiger partial charge >= 0.3 is 5.97 Å². The third kappa shape index (κ3) is 10.4. The first-order valence-corrected chi connectivity index (χ1v) is 28.0. The van der Waals surface area contributed by atoms with Crippen LogP contribution >= 0.6 is 35.0 Å². The number of carbonyl (C=O) groups is 3. The standard InChI is InChI=1S/C30H47NO4S.C26H28Cl2N4O4/c1-7-28(4)16-24(35-25(33)17-36-22-14-20-8-9-21(15-22)31(20)6)29(5)18(2)10-12-30(19(3)27(28)34)13-11-23(32)26(29)30;1-19(33)31-10-12-32(13-11-31)21-3-5-22(6-4-21)34-15-23-16-35-26(36-23,17-30-9-8-29-18-30)24-7-2-20(27)14-25(24)28/h7,18-22,24,26-27,34H,1,8-17H2,2-6H3;2-9,14,18,23H,10-13,15-17H2,1H3/t18-,19+,20-,21+,22?,24-,26+,27+,28-,29+,30+;23-,26-/m10/s1. The predicted molar refractivity (Wildman–Crippen MR) is 282 cm³/mol. The van der Waals surface area contributed by atoms with Gasteiger partial charge in [-0.25, -0.2) is 4.98 Å². The fourth-order valence-electron chi connectivity index (χ4n) is 14.0. The maximum atomic E-state index is 13.5. The first-order chi connectivity index (χ1) is 34.4. The first-order valence-electron chi connectivity index (χ1n) is 26.2. The molecule has 1 N–H and O–H groups in total. The van der Waals surface area contributed by atoms with Gasteiger partial charge in [0.2, 0.25) is 11.7 Å². The summed E-state index contributed by atoms with van der Waals surface area (Å²) in [5.41, 5.74) is 0.584. The Kier molecular flexibility index (Phi) is 15.9. The van der Waals surface area contributed by atoms with Crippen molar-refractivity contribution in [3.63, 3.8) is 0 Å². The molecule has 2 aromatic carbocycles. The quantitative estimate of drug-likeness (QED) is 0.137. The van der Waals surface area contributed by atoms with Gasteiger partial charge in [-0.1, -0.05) is 63.0 Å². The van der Waals surface area contributed by atoms with Crippen LogP contribution in [0.2, 0.25) is 10.0 Å². The number of imidazole rings is 1. The number of anilines is 1. The minimum absolute atomic E-state index is 0.00390. The van der Waals surface area contributed by atoms with Crippen molar-refractivity contribution in [2.45, 2.75) is 140 Å². The monoisotopic (exact) mass is 1050 g/mol. The van der Waals surface area contributed by atoms with Crippen LogP contribution in [0.1, 0.15) is 98.0 Å². The topological polar surface area (TPSA) is 136 Å². The molecule has 5 heterocycles. The van der Waals surface area contributed by atoms with E-state index in [0.29, 0.717) is 77.1 Å². The molecule has 3 aliphatic carbocycles. The minimum atomic E-state index is -1.08. The second-order valence-corrected chi connectivity index (χ2v) is 24.6. The molecule has 3 saturated carbocycles. The fraction of sp³-hybridized carbons (Fsp3) is 0.643. The summed E-state index contributed by atoms with van der Waals surface area (Å²) in [6, 6.07) is 14.6. The molecule has 0 spiro atoms. The highest BCUT2D eigenvalue weighted by Gasteiger charge is 2.68. The zero-order valence-corrected chi connectivity index (χ0v) is 45.3. The molecule has 4 bridgehead atoms. The number of hydrogen-bond acceptors (Lipinski definition) is 12. The lowest BCUT2D eigenvalue weighted by molar-refractivity contribution is -0.205. The van der Waals surface area contributed by atoms with Crippen LogP contribution in [-0.2, 0) is 40.9 Å². The minimum Gasteiger partial charge on any atom is -0.491 e. The first kappa shape index (κ1) is 53.2. The van der Waals surface area contributed by atoms with Gasteiger partial charge in [-0.3, -0.25) is 14.4 Å². The fourth-order valence-corrected chi connectivity index (χ4v) is 15.7. The molecular formula is C56H75Cl2N5O8S. The van der Waals surface area contributed by atoms with Crippen LogP contribution < -0.4 is 9.64 Å². The lowest BCUT2D eigenvalue weighted by Gasteiger charge is -2.61. The highest BCUT2D eigenvalue weighted by Crippen LogP contribution is 2.68. The largest absolute Gasteiger partial charge is 0.491 e. The highest BCUT2D eigenvalue weighted by molar-refractivity contribution is 8.00.